The number of hydrogen-bond donors (Lipinski definition) is 3. The number of aromatic nitrogens is 2. The van der Waals surface area contributed by atoms with Crippen molar-refractivity contribution >= 4 is 32.9 Å². The minimum Gasteiger partial charge on any atom is -0.505 e. The van der Waals surface area contributed by atoms with Crippen molar-refractivity contribution in [1.82, 2.24) is 9.97 Å². The molecule has 0 radical (unpaired) electrons. The third kappa shape index (κ3) is 2.76. The van der Waals surface area contributed by atoms with Crippen LogP contribution >= 0.6 is 11.3 Å². The summed E-state index contributed by atoms with van der Waals surface area (Å²) < 4.78 is 1.07. The van der Waals surface area contributed by atoms with Crippen molar-refractivity contribution < 1.29 is 10.2 Å². The zero-order valence-corrected chi connectivity index (χ0v) is 12.6. The number of aliphatic hydroxyl groups is 1. The largest absolute Gasteiger partial charge is 0.505 e. The fraction of sp³-hybridized carbons (Fsp3) is 0.133. The highest BCUT2D eigenvalue weighted by molar-refractivity contribution is 7.22. The minimum atomic E-state index is -0.219. The summed E-state index contributed by atoms with van der Waals surface area (Å²) >= 11 is 1.49. The molecular formula is C15H14N4O2S. The van der Waals surface area contributed by atoms with Crippen molar-refractivity contribution in [1.29, 1.82) is 0 Å². The van der Waals surface area contributed by atoms with Gasteiger partial charge in [0.05, 0.1) is 28.7 Å². The monoisotopic (exact) mass is 314 g/mol. The number of nitrogens with one attached hydrogen (secondary N) is 1. The first kappa shape index (κ1) is 14.4. The fourth-order valence-electron chi connectivity index (χ4n) is 1.99. The van der Waals surface area contributed by atoms with Crippen LogP contribution in [0.2, 0.25) is 0 Å². The minimum absolute atomic E-state index is 0.0152. The Labute approximate surface area is 130 Å². The van der Waals surface area contributed by atoms with Gasteiger partial charge in [0.15, 0.2) is 0 Å². The van der Waals surface area contributed by atoms with Crippen LogP contribution in [0.5, 0.6) is 5.75 Å². The van der Waals surface area contributed by atoms with E-state index in [2.05, 4.69) is 20.5 Å². The number of hydrazone groups is 1. The zero-order chi connectivity index (χ0) is 15.5. The van der Waals surface area contributed by atoms with Gasteiger partial charge in [-0.3, -0.25) is 10.4 Å². The number of thiazole rings is 1. The summed E-state index contributed by atoms with van der Waals surface area (Å²) in [5, 5.41) is 24.1. The summed E-state index contributed by atoms with van der Waals surface area (Å²) in [4.78, 5) is 8.40. The van der Waals surface area contributed by atoms with Crippen molar-refractivity contribution in [3.8, 4) is 5.75 Å². The average Bonchev–Trinajstić information content (AvgIpc) is 2.94. The van der Waals surface area contributed by atoms with Gasteiger partial charge in [0.25, 0.3) is 0 Å². The summed E-state index contributed by atoms with van der Waals surface area (Å²) in [6.45, 7) is 1.47. The number of pyridine rings is 1. The number of fused-ring (bicyclic) bond motifs is 1. The van der Waals surface area contributed by atoms with Crippen molar-refractivity contribution in [3.05, 3.63) is 47.3 Å². The second-order valence-corrected chi connectivity index (χ2v) is 5.68. The van der Waals surface area contributed by atoms with E-state index in [-0.39, 0.29) is 12.4 Å². The predicted octanol–water partition coefficient (Wildman–Crippen LogP) is 2.64. The molecule has 0 bridgehead atoms. The van der Waals surface area contributed by atoms with Crippen LogP contribution in [0.4, 0.5) is 5.13 Å². The molecule has 3 aromatic rings. The van der Waals surface area contributed by atoms with Gasteiger partial charge in [-0.25, -0.2) is 4.98 Å². The molecule has 0 amide bonds. The number of rotatable bonds is 4. The summed E-state index contributed by atoms with van der Waals surface area (Å²) in [6.07, 6.45) is 2.98. The Morgan fingerprint density at radius 1 is 1.36 bits per heavy atom. The van der Waals surface area contributed by atoms with E-state index in [0.29, 0.717) is 22.0 Å². The van der Waals surface area contributed by atoms with E-state index in [1.165, 1.54) is 23.7 Å². The van der Waals surface area contributed by atoms with Crippen LogP contribution in [0, 0.1) is 6.92 Å². The maximum absolute atomic E-state index is 10.0. The summed E-state index contributed by atoms with van der Waals surface area (Å²) in [7, 11) is 0. The Bertz CT molecular complexity index is 812. The Morgan fingerprint density at radius 2 is 2.18 bits per heavy atom. The number of aliphatic hydroxyl groups excluding tert-OH is 1. The van der Waals surface area contributed by atoms with Crippen LogP contribution < -0.4 is 5.43 Å². The van der Waals surface area contributed by atoms with Crippen molar-refractivity contribution in [2.45, 2.75) is 13.5 Å². The number of aryl methyl sites for hydroxylation is 1. The molecule has 0 unspecified atom stereocenters. The first-order chi connectivity index (χ1) is 10.7. The van der Waals surface area contributed by atoms with Crippen molar-refractivity contribution in [2.75, 3.05) is 5.43 Å². The van der Waals surface area contributed by atoms with E-state index in [1.54, 1.807) is 6.92 Å². The first-order valence-corrected chi connectivity index (χ1v) is 7.43. The molecule has 3 N–H and O–H groups in total. The predicted molar refractivity (Wildman–Crippen MR) is 87.4 cm³/mol. The van der Waals surface area contributed by atoms with Crippen LogP contribution in [0.1, 0.15) is 16.8 Å². The van der Waals surface area contributed by atoms with E-state index in [0.717, 1.165) is 10.2 Å². The molecule has 7 heteroatoms. The van der Waals surface area contributed by atoms with Gasteiger partial charge in [-0.2, -0.15) is 5.10 Å². The Balaban J connectivity index is 1.84. The number of anilines is 1. The van der Waals surface area contributed by atoms with Gasteiger partial charge in [-0.1, -0.05) is 23.5 Å². The molecule has 3 rings (SSSR count). The van der Waals surface area contributed by atoms with E-state index in [9.17, 15) is 10.2 Å². The van der Waals surface area contributed by atoms with E-state index < -0.39 is 0 Å². The fourth-order valence-corrected chi connectivity index (χ4v) is 2.81. The standard InChI is InChI=1S/C15H14N4O2S/c1-9-14(21)11(10(8-20)6-16-9)7-17-19-15-18-12-4-2-3-5-13(12)22-15/h2-7,20-21H,8H2,1H3,(H,18,19). The Hall–Kier alpha value is -2.51. The van der Waals surface area contributed by atoms with Crippen molar-refractivity contribution in [3.63, 3.8) is 0 Å². The molecule has 0 aliphatic heterocycles. The van der Waals surface area contributed by atoms with E-state index >= 15 is 0 Å². The van der Waals surface area contributed by atoms with Gasteiger partial charge in [-0.15, -0.1) is 0 Å². The average molecular weight is 314 g/mol. The van der Waals surface area contributed by atoms with Crippen LogP contribution in [-0.4, -0.2) is 26.4 Å². The van der Waals surface area contributed by atoms with Gasteiger partial charge in [-0.05, 0) is 19.1 Å². The van der Waals surface area contributed by atoms with Gasteiger partial charge >= 0.3 is 0 Å². The number of benzene rings is 1. The lowest BCUT2D eigenvalue weighted by molar-refractivity contribution is 0.280. The van der Waals surface area contributed by atoms with Crippen LogP contribution in [0.3, 0.4) is 0 Å². The highest BCUT2D eigenvalue weighted by Crippen LogP contribution is 2.26. The smallest absolute Gasteiger partial charge is 0.204 e. The molecule has 0 saturated heterocycles. The highest BCUT2D eigenvalue weighted by atomic mass is 32.1. The second kappa shape index (κ2) is 6.08. The van der Waals surface area contributed by atoms with Crippen LogP contribution in [-0.2, 0) is 6.61 Å². The quantitative estimate of drug-likeness (QED) is 0.509. The van der Waals surface area contributed by atoms with Gasteiger partial charge < -0.3 is 10.2 Å². The van der Waals surface area contributed by atoms with Crippen LogP contribution in [0.15, 0.2) is 35.6 Å². The second-order valence-electron chi connectivity index (χ2n) is 4.65. The first-order valence-electron chi connectivity index (χ1n) is 6.62. The maximum Gasteiger partial charge on any atom is 0.204 e. The summed E-state index contributed by atoms with van der Waals surface area (Å²) in [5.74, 6) is 0.0152. The molecule has 0 aliphatic rings. The van der Waals surface area contributed by atoms with Gasteiger partial charge in [0, 0.05) is 17.3 Å². The third-order valence-electron chi connectivity index (χ3n) is 3.18. The molecule has 0 saturated carbocycles. The van der Waals surface area contributed by atoms with E-state index in [4.69, 9.17) is 0 Å². The Morgan fingerprint density at radius 3 is 2.95 bits per heavy atom. The van der Waals surface area contributed by atoms with Crippen LogP contribution in [0.25, 0.3) is 10.2 Å². The number of nitrogens with zero attached hydrogens (tertiary/aromatic N) is 3. The number of hydrogen-bond acceptors (Lipinski definition) is 7. The molecule has 0 fully saturated rings. The SMILES string of the molecule is Cc1ncc(CO)c(C=NNc2nc3ccccc3s2)c1O. The molecule has 1 aromatic carbocycles. The third-order valence-corrected chi connectivity index (χ3v) is 4.12. The Kier molecular flexibility index (Phi) is 3.99. The summed E-state index contributed by atoms with van der Waals surface area (Å²) in [6, 6.07) is 7.81. The van der Waals surface area contributed by atoms with E-state index in [1.807, 2.05) is 24.3 Å². The molecule has 2 aromatic heterocycles. The lowest BCUT2D eigenvalue weighted by Gasteiger charge is -2.06. The molecular weight excluding hydrogens is 300 g/mol. The molecule has 112 valence electrons. The summed E-state index contributed by atoms with van der Waals surface area (Å²) in [5.41, 5.74) is 5.20. The molecule has 0 spiro atoms. The normalized spacial score (nSPS) is 11.4. The number of aromatic hydroxyl groups is 1. The molecule has 6 nitrogen and oxygen atoms in total. The van der Waals surface area contributed by atoms with Crippen molar-refractivity contribution in [2.24, 2.45) is 5.10 Å². The lowest BCUT2D eigenvalue weighted by Crippen LogP contribution is -1.99. The number of para-hydroxylation sites is 1. The highest BCUT2D eigenvalue weighted by Gasteiger charge is 2.09. The lowest BCUT2D eigenvalue weighted by atomic mass is 10.1. The topological polar surface area (TPSA) is 90.6 Å². The molecule has 22 heavy (non-hydrogen) atoms. The molecule has 0 atom stereocenters. The maximum atomic E-state index is 10.0. The van der Waals surface area contributed by atoms with Gasteiger partial charge in [0.2, 0.25) is 5.13 Å². The zero-order valence-electron chi connectivity index (χ0n) is 11.8. The molecule has 2 heterocycles. The molecule has 0 aliphatic carbocycles. The van der Waals surface area contributed by atoms with Gasteiger partial charge in [0.1, 0.15) is 5.75 Å².